The van der Waals surface area contributed by atoms with Gasteiger partial charge in [0.1, 0.15) is 4.88 Å². The third-order valence-corrected chi connectivity index (χ3v) is 3.94. The molecular weight excluding hydrogens is 288 g/mol. The third-order valence-electron chi connectivity index (χ3n) is 3.03. The van der Waals surface area contributed by atoms with Crippen molar-refractivity contribution >= 4 is 28.9 Å². The molecule has 0 saturated heterocycles. The SMILES string of the molecule is Cc1ncsc1C(=O)N(CCCC(=O)O)c1ccccc1. The fourth-order valence-corrected chi connectivity index (χ4v) is 2.72. The van der Waals surface area contributed by atoms with Crippen LogP contribution in [0.15, 0.2) is 35.8 Å². The molecule has 1 amide bonds. The van der Waals surface area contributed by atoms with E-state index in [0.29, 0.717) is 23.5 Å². The van der Waals surface area contributed by atoms with E-state index in [9.17, 15) is 9.59 Å². The number of carbonyl (C=O) groups is 2. The second-order valence-corrected chi connectivity index (χ2v) is 5.41. The fraction of sp³-hybridized carbons (Fsp3) is 0.267. The van der Waals surface area contributed by atoms with E-state index < -0.39 is 5.97 Å². The van der Waals surface area contributed by atoms with Crippen LogP contribution in [-0.2, 0) is 4.79 Å². The number of nitrogens with zero attached hydrogens (tertiary/aromatic N) is 2. The van der Waals surface area contributed by atoms with Gasteiger partial charge in [-0.1, -0.05) is 18.2 Å². The molecule has 2 aromatic rings. The number of para-hydroxylation sites is 1. The second-order valence-electron chi connectivity index (χ2n) is 4.56. The van der Waals surface area contributed by atoms with Crippen LogP contribution in [-0.4, -0.2) is 28.5 Å². The minimum atomic E-state index is -0.857. The number of thiazole rings is 1. The van der Waals surface area contributed by atoms with Gasteiger partial charge in [0.15, 0.2) is 0 Å². The van der Waals surface area contributed by atoms with Gasteiger partial charge in [0.25, 0.3) is 5.91 Å². The number of carboxylic acids is 1. The van der Waals surface area contributed by atoms with Gasteiger partial charge in [0, 0.05) is 18.7 Å². The Morgan fingerprint density at radius 2 is 2.00 bits per heavy atom. The number of benzene rings is 1. The summed E-state index contributed by atoms with van der Waals surface area (Å²) in [5.74, 6) is -0.990. The Balaban J connectivity index is 2.21. The number of rotatable bonds is 6. The zero-order valence-corrected chi connectivity index (χ0v) is 12.5. The monoisotopic (exact) mass is 304 g/mol. The van der Waals surface area contributed by atoms with Crippen LogP contribution in [0, 0.1) is 6.92 Å². The first-order chi connectivity index (χ1) is 10.1. The lowest BCUT2D eigenvalue weighted by Gasteiger charge is -2.22. The summed E-state index contributed by atoms with van der Waals surface area (Å²) in [7, 11) is 0. The number of aryl methyl sites for hydroxylation is 1. The van der Waals surface area contributed by atoms with Crippen LogP contribution < -0.4 is 4.90 Å². The molecular formula is C15H16N2O3S. The van der Waals surface area contributed by atoms with Crippen molar-refractivity contribution in [3.8, 4) is 0 Å². The van der Waals surface area contributed by atoms with Crippen LogP contribution >= 0.6 is 11.3 Å². The van der Waals surface area contributed by atoms with Gasteiger partial charge in [-0.3, -0.25) is 9.59 Å². The van der Waals surface area contributed by atoms with E-state index in [0.717, 1.165) is 5.69 Å². The molecule has 2 rings (SSSR count). The summed E-state index contributed by atoms with van der Waals surface area (Å²) in [4.78, 5) is 29.6. The quantitative estimate of drug-likeness (QED) is 0.890. The Kier molecular flexibility index (Phi) is 5.05. The van der Waals surface area contributed by atoms with E-state index in [-0.39, 0.29) is 12.3 Å². The number of amides is 1. The van der Waals surface area contributed by atoms with Gasteiger partial charge in [-0.25, -0.2) is 4.98 Å². The van der Waals surface area contributed by atoms with E-state index in [1.165, 1.54) is 11.3 Å². The maximum absolute atomic E-state index is 12.7. The molecule has 21 heavy (non-hydrogen) atoms. The van der Waals surface area contributed by atoms with Gasteiger partial charge in [-0.05, 0) is 25.5 Å². The van der Waals surface area contributed by atoms with Crippen molar-refractivity contribution in [2.75, 3.05) is 11.4 Å². The minimum absolute atomic E-state index is 0.0400. The average molecular weight is 304 g/mol. The van der Waals surface area contributed by atoms with E-state index in [1.807, 2.05) is 30.3 Å². The lowest BCUT2D eigenvalue weighted by molar-refractivity contribution is -0.137. The van der Waals surface area contributed by atoms with Gasteiger partial charge in [0.2, 0.25) is 0 Å². The van der Waals surface area contributed by atoms with Gasteiger partial charge in [-0.15, -0.1) is 11.3 Å². The van der Waals surface area contributed by atoms with Crippen molar-refractivity contribution in [1.29, 1.82) is 0 Å². The zero-order valence-electron chi connectivity index (χ0n) is 11.7. The van der Waals surface area contributed by atoms with E-state index in [4.69, 9.17) is 5.11 Å². The highest BCUT2D eigenvalue weighted by molar-refractivity contribution is 7.12. The first-order valence-electron chi connectivity index (χ1n) is 6.58. The molecule has 0 saturated carbocycles. The molecule has 1 aromatic heterocycles. The minimum Gasteiger partial charge on any atom is -0.481 e. The van der Waals surface area contributed by atoms with E-state index in [2.05, 4.69) is 4.98 Å². The first kappa shape index (κ1) is 15.2. The lowest BCUT2D eigenvalue weighted by atomic mass is 10.2. The van der Waals surface area contributed by atoms with Crippen LogP contribution in [0.25, 0.3) is 0 Å². The molecule has 5 nitrogen and oxygen atoms in total. The Hall–Kier alpha value is -2.21. The fourth-order valence-electron chi connectivity index (χ4n) is 1.97. The summed E-state index contributed by atoms with van der Waals surface area (Å²) in [6.45, 7) is 2.16. The number of hydrogen-bond acceptors (Lipinski definition) is 4. The highest BCUT2D eigenvalue weighted by Crippen LogP contribution is 2.21. The standard InChI is InChI=1S/C15H16N2O3S/c1-11-14(21-10-16-11)15(20)17(9-5-8-13(18)19)12-6-3-2-4-7-12/h2-4,6-7,10H,5,8-9H2,1H3,(H,18,19). The molecule has 0 unspecified atom stereocenters. The molecule has 0 aliphatic carbocycles. The predicted octanol–water partition coefficient (Wildman–Crippen LogP) is 2.96. The molecule has 6 heteroatoms. The number of aromatic nitrogens is 1. The molecule has 0 radical (unpaired) electrons. The van der Waals surface area contributed by atoms with Crippen LogP contribution in [0.2, 0.25) is 0 Å². The molecule has 0 spiro atoms. The molecule has 110 valence electrons. The van der Waals surface area contributed by atoms with Crippen molar-refractivity contribution in [3.05, 3.63) is 46.4 Å². The molecule has 1 aromatic carbocycles. The molecule has 0 atom stereocenters. The summed E-state index contributed by atoms with van der Waals surface area (Å²) in [6.07, 6.45) is 0.451. The molecule has 0 aliphatic heterocycles. The predicted molar refractivity (Wildman–Crippen MR) is 81.8 cm³/mol. The summed E-state index contributed by atoms with van der Waals surface area (Å²) < 4.78 is 0. The highest BCUT2D eigenvalue weighted by atomic mass is 32.1. The number of aliphatic carboxylic acids is 1. The van der Waals surface area contributed by atoms with Crippen molar-refractivity contribution in [1.82, 2.24) is 4.98 Å². The van der Waals surface area contributed by atoms with E-state index in [1.54, 1.807) is 17.3 Å². The summed E-state index contributed by atoms with van der Waals surface area (Å²) >= 11 is 1.30. The largest absolute Gasteiger partial charge is 0.481 e. The number of hydrogen-bond donors (Lipinski definition) is 1. The van der Waals surface area contributed by atoms with Gasteiger partial charge in [-0.2, -0.15) is 0 Å². The summed E-state index contributed by atoms with van der Waals surface area (Å²) in [6, 6.07) is 9.27. The van der Waals surface area contributed by atoms with Gasteiger partial charge < -0.3 is 10.0 Å². The summed E-state index contributed by atoms with van der Waals surface area (Å²) in [5.41, 5.74) is 3.10. The van der Waals surface area contributed by atoms with Crippen molar-refractivity contribution in [2.24, 2.45) is 0 Å². The average Bonchev–Trinajstić information content (AvgIpc) is 2.90. The van der Waals surface area contributed by atoms with Gasteiger partial charge >= 0.3 is 5.97 Å². The number of carbonyl (C=O) groups excluding carboxylic acids is 1. The van der Waals surface area contributed by atoms with Crippen LogP contribution in [0.3, 0.4) is 0 Å². The number of carboxylic acid groups (broad SMARTS) is 1. The number of anilines is 1. The van der Waals surface area contributed by atoms with E-state index >= 15 is 0 Å². The Morgan fingerprint density at radius 3 is 2.57 bits per heavy atom. The Bertz CT molecular complexity index is 625. The second kappa shape index (κ2) is 6.99. The Morgan fingerprint density at radius 1 is 1.29 bits per heavy atom. The Labute approximate surface area is 126 Å². The normalized spacial score (nSPS) is 10.3. The van der Waals surface area contributed by atoms with Crippen molar-refractivity contribution < 1.29 is 14.7 Å². The molecule has 0 bridgehead atoms. The summed E-state index contributed by atoms with van der Waals surface area (Å²) in [5, 5.41) is 8.75. The smallest absolute Gasteiger partial charge is 0.303 e. The van der Waals surface area contributed by atoms with Crippen molar-refractivity contribution in [2.45, 2.75) is 19.8 Å². The topological polar surface area (TPSA) is 70.5 Å². The third kappa shape index (κ3) is 3.88. The van der Waals surface area contributed by atoms with Crippen LogP contribution in [0.4, 0.5) is 5.69 Å². The first-order valence-corrected chi connectivity index (χ1v) is 7.46. The van der Waals surface area contributed by atoms with Crippen LogP contribution in [0.5, 0.6) is 0 Å². The molecule has 1 N–H and O–H groups in total. The van der Waals surface area contributed by atoms with Crippen molar-refractivity contribution in [3.63, 3.8) is 0 Å². The maximum atomic E-state index is 12.7. The van der Waals surface area contributed by atoms with Crippen LogP contribution in [0.1, 0.15) is 28.2 Å². The molecule has 1 heterocycles. The lowest BCUT2D eigenvalue weighted by Crippen LogP contribution is -2.32. The maximum Gasteiger partial charge on any atom is 0.303 e. The zero-order chi connectivity index (χ0) is 15.2. The van der Waals surface area contributed by atoms with Gasteiger partial charge in [0.05, 0.1) is 11.2 Å². The highest BCUT2D eigenvalue weighted by Gasteiger charge is 2.21. The molecule has 0 aliphatic rings. The molecule has 0 fully saturated rings.